The van der Waals surface area contributed by atoms with Gasteiger partial charge in [0.1, 0.15) is 0 Å². The highest BCUT2D eigenvalue weighted by atomic mass is 32.1. The van der Waals surface area contributed by atoms with Crippen LogP contribution in [0.2, 0.25) is 0 Å². The molecule has 1 rings (SSSR count). The summed E-state index contributed by atoms with van der Waals surface area (Å²) in [6, 6.07) is 4.32. The number of nitrogens with zero attached hydrogens (tertiary/aromatic N) is 1. The molecule has 4 heteroatoms. The van der Waals surface area contributed by atoms with E-state index in [1.807, 2.05) is 18.4 Å². The molecule has 0 unspecified atom stereocenters. The Labute approximate surface area is 102 Å². The molecule has 0 spiro atoms. The maximum Gasteiger partial charge on any atom is 0.0474 e. The van der Waals surface area contributed by atoms with Crippen LogP contribution in [0.5, 0.6) is 0 Å². The fourth-order valence-corrected chi connectivity index (χ4v) is 2.34. The van der Waals surface area contributed by atoms with Crippen molar-refractivity contribution in [1.29, 1.82) is 0 Å². The normalized spacial score (nSPS) is 11.2. The monoisotopic (exact) mass is 242 g/mol. The number of hydrogen-bond donors (Lipinski definition) is 1. The first kappa shape index (κ1) is 13.6. The topological polar surface area (TPSA) is 24.5 Å². The van der Waals surface area contributed by atoms with Gasteiger partial charge in [-0.1, -0.05) is 6.07 Å². The van der Waals surface area contributed by atoms with Crippen molar-refractivity contribution >= 4 is 11.3 Å². The van der Waals surface area contributed by atoms with E-state index >= 15 is 0 Å². The zero-order chi connectivity index (χ0) is 11.6. The summed E-state index contributed by atoms with van der Waals surface area (Å²) in [6.07, 6.45) is 1.10. The maximum absolute atomic E-state index is 5.09. The van der Waals surface area contributed by atoms with Gasteiger partial charge in [-0.15, -0.1) is 11.3 Å². The summed E-state index contributed by atoms with van der Waals surface area (Å²) in [6.45, 7) is 5.15. The van der Waals surface area contributed by atoms with Crippen molar-refractivity contribution < 1.29 is 4.74 Å². The van der Waals surface area contributed by atoms with E-state index in [-0.39, 0.29) is 0 Å². The highest BCUT2D eigenvalue weighted by molar-refractivity contribution is 7.09. The average Bonchev–Trinajstić information content (AvgIpc) is 2.78. The lowest BCUT2D eigenvalue weighted by Gasteiger charge is -2.21. The van der Waals surface area contributed by atoms with E-state index in [0.29, 0.717) is 0 Å². The Balaban J connectivity index is 2.31. The van der Waals surface area contributed by atoms with Crippen LogP contribution >= 0.6 is 11.3 Å². The van der Waals surface area contributed by atoms with Gasteiger partial charge in [0, 0.05) is 44.8 Å². The van der Waals surface area contributed by atoms with Gasteiger partial charge in [0.15, 0.2) is 0 Å². The van der Waals surface area contributed by atoms with Crippen LogP contribution in [-0.2, 0) is 11.3 Å². The molecule has 0 aliphatic carbocycles. The minimum atomic E-state index is 0.848. The first-order valence-corrected chi connectivity index (χ1v) is 6.63. The van der Waals surface area contributed by atoms with Crippen molar-refractivity contribution in [3.8, 4) is 0 Å². The van der Waals surface area contributed by atoms with Gasteiger partial charge in [-0.2, -0.15) is 0 Å². The molecule has 1 aromatic rings. The second-order valence-electron chi connectivity index (χ2n) is 3.81. The molecule has 0 fully saturated rings. The Bertz CT molecular complexity index is 252. The van der Waals surface area contributed by atoms with E-state index in [4.69, 9.17) is 4.74 Å². The number of likely N-dealkylation sites (N-methyl/N-ethyl adjacent to an activating group) is 1. The van der Waals surface area contributed by atoms with E-state index in [9.17, 15) is 0 Å². The predicted octanol–water partition coefficient (Wildman–Crippen LogP) is 1.81. The number of ether oxygens (including phenoxy) is 1. The van der Waals surface area contributed by atoms with Gasteiger partial charge in [-0.25, -0.2) is 0 Å². The molecule has 16 heavy (non-hydrogen) atoms. The number of rotatable bonds is 9. The van der Waals surface area contributed by atoms with Crippen molar-refractivity contribution in [3.05, 3.63) is 22.4 Å². The molecular formula is C12H22N2OS. The van der Waals surface area contributed by atoms with Crippen molar-refractivity contribution in [2.45, 2.75) is 13.0 Å². The number of methoxy groups -OCH3 is 1. The van der Waals surface area contributed by atoms with Gasteiger partial charge in [0.2, 0.25) is 0 Å². The fourth-order valence-electron chi connectivity index (χ4n) is 1.60. The molecule has 0 saturated heterocycles. The SMILES string of the molecule is CNCCN(CCCOC)Cc1cccs1. The minimum Gasteiger partial charge on any atom is -0.385 e. The van der Waals surface area contributed by atoms with Gasteiger partial charge in [0.05, 0.1) is 0 Å². The van der Waals surface area contributed by atoms with Gasteiger partial charge in [-0.05, 0) is 24.9 Å². The third-order valence-corrected chi connectivity index (χ3v) is 3.32. The minimum absolute atomic E-state index is 0.848. The maximum atomic E-state index is 5.09. The molecule has 1 heterocycles. The van der Waals surface area contributed by atoms with E-state index in [0.717, 1.165) is 39.2 Å². The molecule has 0 aliphatic rings. The molecule has 3 nitrogen and oxygen atoms in total. The Morgan fingerprint density at radius 2 is 2.31 bits per heavy atom. The molecule has 0 bridgehead atoms. The van der Waals surface area contributed by atoms with Crippen molar-refractivity contribution in [1.82, 2.24) is 10.2 Å². The molecule has 0 atom stereocenters. The highest BCUT2D eigenvalue weighted by Gasteiger charge is 2.05. The number of hydrogen-bond acceptors (Lipinski definition) is 4. The van der Waals surface area contributed by atoms with E-state index in [2.05, 4.69) is 27.7 Å². The van der Waals surface area contributed by atoms with Crippen LogP contribution in [0.3, 0.4) is 0 Å². The van der Waals surface area contributed by atoms with Crippen LogP contribution in [0.15, 0.2) is 17.5 Å². The van der Waals surface area contributed by atoms with Crippen LogP contribution in [-0.4, -0.2) is 45.3 Å². The molecule has 1 N–H and O–H groups in total. The zero-order valence-electron chi connectivity index (χ0n) is 10.2. The molecule has 0 radical (unpaired) electrons. The summed E-state index contributed by atoms with van der Waals surface area (Å²) in [7, 11) is 3.76. The summed E-state index contributed by atoms with van der Waals surface area (Å²) in [5.74, 6) is 0. The van der Waals surface area contributed by atoms with Crippen molar-refractivity contribution in [3.63, 3.8) is 0 Å². The lowest BCUT2D eigenvalue weighted by atomic mass is 10.3. The van der Waals surface area contributed by atoms with Crippen LogP contribution < -0.4 is 5.32 Å². The van der Waals surface area contributed by atoms with E-state index in [1.165, 1.54) is 4.88 Å². The van der Waals surface area contributed by atoms with Crippen molar-refractivity contribution in [2.24, 2.45) is 0 Å². The fraction of sp³-hybridized carbons (Fsp3) is 0.667. The largest absolute Gasteiger partial charge is 0.385 e. The zero-order valence-corrected chi connectivity index (χ0v) is 11.1. The summed E-state index contributed by atoms with van der Waals surface area (Å²) in [5.41, 5.74) is 0. The molecule has 0 saturated carbocycles. The van der Waals surface area contributed by atoms with Gasteiger partial charge in [0.25, 0.3) is 0 Å². The average molecular weight is 242 g/mol. The Hall–Kier alpha value is -0.420. The molecule has 1 aromatic heterocycles. The van der Waals surface area contributed by atoms with Gasteiger partial charge >= 0.3 is 0 Å². The van der Waals surface area contributed by atoms with Gasteiger partial charge < -0.3 is 10.1 Å². The lowest BCUT2D eigenvalue weighted by Crippen LogP contribution is -2.31. The summed E-state index contributed by atoms with van der Waals surface area (Å²) in [4.78, 5) is 3.91. The Morgan fingerprint density at radius 1 is 1.44 bits per heavy atom. The molecule has 0 aliphatic heterocycles. The van der Waals surface area contributed by atoms with Crippen LogP contribution in [0.1, 0.15) is 11.3 Å². The molecule has 0 aromatic carbocycles. The van der Waals surface area contributed by atoms with E-state index < -0.39 is 0 Å². The summed E-state index contributed by atoms with van der Waals surface area (Å²) >= 11 is 1.83. The first-order chi connectivity index (χ1) is 7.86. The van der Waals surface area contributed by atoms with E-state index in [1.54, 1.807) is 7.11 Å². The van der Waals surface area contributed by atoms with Crippen LogP contribution in [0, 0.1) is 0 Å². The van der Waals surface area contributed by atoms with Gasteiger partial charge in [-0.3, -0.25) is 4.90 Å². The summed E-state index contributed by atoms with van der Waals surface area (Å²) < 4.78 is 5.09. The quantitative estimate of drug-likeness (QED) is 0.668. The predicted molar refractivity (Wildman–Crippen MR) is 70.0 cm³/mol. The Kier molecular flexibility index (Phi) is 7.42. The van der Waals surface area contributed by atoms with Crippen LogP contribution in [0.25, 0.3) is 0 Å². The third kappa shape index (κ3) is 5.61. The number of thiophene rings is 1. The third-order valence-electron chi connectivity index (χ3n) is 2.46. The molecule has 0 amide bonds. The Morgan fingerprint density at radius 3 is 2.94 bits per heavy atom. The smallest absolute Gasteiger partial charge is 0.0474 e. The standard InChI is InChI=1S/C12H22N2OS/c1-13-6-8-14(7-4-9-15-2)11-12-5-3-10-16-12/h3,5,10,13H,4,6-9,11H2,1-2H3. The summed E-state index contributed by atoms with van der Waals surface area (Å²) in [5, 5.41) is 5.34. The second-order valence-corrected chi connectivity index (χ2v) is 4.84. The molecule has 92 valence electrons. The lowest BCUT2D eigenvalue weighted by molar-refractivity contribution is 0.170. The molecular weight excluding hydrogens is 220 g/mol. The number of nitrogens with one attached hydrogen (secondary N) is 1. The van der Waals surface area contributed by atoms with Crippen LogP contribution in [0.4, 0.5) is 0 Å². The first-order valence-electron chi connectivity index (χ1n) is 5.75. The van der Waals surface area contributed by atoms with Crippen molar-refractivity contribution in [2.75, 3.05) is 40.4 Å². The highest BCUT2D eigenvalue weighted by Crippen LogP contribution is 2.11. The second kappa shape index (κ2) is 8.70.